The summed E-state index contributed by atoms with van der Waals surface area (Å²) in [5.41, 5.74) is 3.26. The lowest BCUT2D eigenvalue weighted by Gasteiger charge is -2.08. The van der Waals surface area contributed by atoms with Crippen LogP contribution < -0.4 is 5.32 Å². The lowest BCUT2D eigenvalue weighted by molar-refractivity contribution is -0.116. The smallest absolute Gasteiger partial charge is 0.224 e. The number of hydrogen-bond donors (Lipinski definition) is 1. The molecule has 0 bridgehead atoms. The second-order valence-electron chi connectivity index (χ2n) is 4.84. The molecule has 0 aliphatic carbocycles. The first kappa shape index (κ1) is 15.1. The van der Waals surface area contributed by atoms with Gasteiger partial charge in [0.05, 0.1) is 22.3 Å². The van der Waals surface area contributed by atoms with Crippen LogP contribution in [-0.4, -0.2) is 5.91 Å². The topological polar surface area (TPSA) is 52.9 Å². The summed E-state index contributed by atoms with van der Waals surface area (Å²) in [7, 11) is 0. The maximum atomic E-state index is 12.0. The second kappa shape index (κ2) is 6.92. The first-order valence-electron chi connectivity index (χ1n) is 6.63. The van der Waals surface area contributed by atoms with E-state index >= 15 is 0 Å². The molecule has 0 saturated carbocycles. The molecule has 2 aromatic rings. The van der Waals surface area contributed by atoms with E-state index in [1.165, 1.54) is 5.56 Å². The van der Waals surface area contributed by atoms with Gasteiger partial charge >= 0.3 is 0 Å². The molecule has 0 unspecified atom stereocenters. The summed E-state index contributed by atoms with van der Waals surface area (Å²) in [6, 6.07) is 14.9. The molecule has 0 atom stereocenters. The molecule has 1 amide bonds. The van der Waals surface area contributed by atoms with Crippen molar-refractivity contribution in [3.8, 4) is 6.07 Å². The zero-order valence-corrected chi connectivity index (χ0v) is 12.4. The number of carbonyl (C=O) groups excluding carboxylic acids is 1. The van der Waals surface area contributed by atoms with Crippen LogP contribution in [0.4, 0.5) is 5.69 Å². The Labute approximate surface area is 129 Å². The third kappa shape index (κ3) is 4.34. The molecule has 0 saturated heterocycles. The lowest BCUT2D eigenvalue weighted by Crippen LogP contribution is -2.12. The van der Waals surface area contributed by atoms with Gasteiger partial charge in [-0.15, -0.1) is 0 Å². The van der Waals surface area contributed by atoms with Crippen LogP contribution in [0.5, 0.6) is 0 Å². The molecule has 1 N–H and O–H groups in total. The molecule has 0 spiro atoms. The number of carbonyl (C=O) groups is 1. The van der Waals surface area contributed by atoms with E-state index in [1.54, 1.807) is 18.2 Å². The van der Waals surface area contributed by atoms with E-state index in [0.29, 0.717) is 29.1 Å². The molecule has 0 fully saturated rings. The van der Waals surface area contributed by atoms with Crippen molar-refractivity contribution in [3.05, 3.63) is 64.2 Å². The molecule has 106 valence electrons. The van der Waals surface area contributed by atoms with Crippen molar-refractivity contribution in [1.29, 1.82) is 5.26 Å². The molecule has 0 heterocycles. The van der Waals surface area contributed by atoms with Crippen molar-refractivity contribution in [1.82, 2.24) is 0 Å². The highest BCUT2D eigenvalue weighted by atomic mass is 35.5. The van der Waals surface area contributed by atoms with Crippen LogP contribution in [0, 0.1) is 18.3 Å². The number of nitrogens with zero attached hydrogens (tertiary/aromatic N) is 1. The van der Waals surface area contributed by atoms with Gasteiger partial charge in [-0.05, 0) is 37.1 Å². The van der Waals surface area contributed by atoms with Gasteiger partial charge < -0.3 is 5.32 Å². The number of hydrogen-bond acceptors (Lipinski definition) is 2. The molecule has 0 aliphatic heterocycles. The Hall–Kier alpha value is -2.31. The molecule has 4 heteroatoms. The van der Waals surface area contributed by atoms with Gasteiger partial charge in [0.2, 0.25) is 5.91 Å². The zero-order chi connectivity index (χ0) is 15.2. The molecule has 2 aromatic carbocycles. The second-order valence-corrected chi connectivity index (χ2v) is 5.25. The summed E-state index contributed by atoms with van der Waals surface area (Å²) in [6.07, 6.45) is 1.04. The predicted octanol–water partition coefficient (Wildman–Crippen LogP) is 4.09. The van der Waals surface area contributed by atoms with Gasteiger partial charge in [-0.1, -0.05) is 41.4 Å². The Balaban J connectivity index is 1.96. The average Bonchev–Trinajstić information content (AvgIpc) is 2.49. The molecular weight excluding hydrogens is 284 g/mol. The van der Waals surface area contributed by atoms with Crippen molar-refractivity contribution in [2.75, 3.05) is 5.32 Å². The van der Waals surface area contributed by atoms with E-state index in [1.807, 2.05) is 37.3 Å². The van der Waals surface area contributed by atoms with Gasteiger partial charge in [0.1, 0.15) is 0 Å². The minimum atomic E-state index is -0.118. The molecular formula is C17H15ClN2O. The van der Waals surface area contributed by atoms with Crippen molar-refractivity contribution < 1.29 is 4.79 Å². The fourth-order valence-electron chi connectivity index (χ4n) is 1.92. The normalized spacial score (nSPS) is 9.95. The van der Waals surface area contributed by atoms with Crippen LogP contribution in [0.25, 0.3) is 0 Å². The van der Waals surface area contributed by atoms with Crippen LogP contribution in [0.15, 0.2) is 42.5 Å². The summed E-state index contributed by atoms with van der Waals surface area (Å²) in [5, 5.41) is 12.0. The number of rotatable bonds is 4. The summed E-state index contributed by atoms with van der Waals surface area (Å²) in [5.74, 6) is -0.118. The van der Waals surface area contributed by atoms with E-state index in [0.717, 1.165) is 5.56 Å². The van der Waals surface area contributed by atoms with Crippen LogP contribution in [-0.2, 0) is 11.2 Å². The average molecular weight is 299 g/mol. The Morgan fingerprint density at radius 3 is 2.62 bits per heavy atom. The number of aryl methyl sites for hydroxylation is 2. The lowest BCUT2D eigenvalue weighted by atomic mass is 10.1. The monoisotopic (exact) mass is 298 g/mol. The summed E-state index contributed by atoms with van der Waals surface area (Å²) < 4.78 is 0. The molecule has 2 rings (SSSR count). The number of halogens is 1. The maximum Gasteiger partial charge on any atom is 0.224 e. The van der Waals surface area contributed by atoms with Crippen molar-refractivity contribution in [3.63, 3.8) is 0 Å². The first-order chi connectivity index (χ1) is 10.1. The number of nitriles is 1. The Bertz CT molecular complexity index is 687. The Morgan fingerprint density at radius 2 is 1.95 bits per heavy atom. The molecule has 0 radical (unpaired) electrons. The van der Waals surface area contributed by atoms with Gasteiger partial charge in [0.25, 0.3) is 0 Å². The van der Waals surface area contributed by atoms with E-state index < -0.39 is 0 Å². The Morgan fingerprint density at radius 1 is 1.24 bits per heavy atom. The number of nitrogens with one attached hydrogen (secondary N) is 1. The van der Waals surface area contributed by atoms with Crippen molar-refractivity contribution >= 4 is 23.2 Å². The highest BCUT2D eigenvalue weighted by molar-refractivity contribution is 6.33. The summed E-state index contributed by atoms with van der Waals surface area (Å²) in [6.45, 7) is 2.03. The SMILES string of the molecule is Cc1ccc(CCC(=O)Nc2cc(C#N)ccc2Cl)cc1. The number of amides is 1. The van der Waals surface area contributed by atoms with Crippen molar-refractivity contribution in [2.45, 2.75) is 19.8 Å². The highest BCUT2D eigenvalue weighted by Crippen LogP contribution is 2.23. The van der Waals surface area contributed by atoms with Crippen LogP contribution in [0.2, 0.25) is 5.02 Å². The van der Waals surface area contributed by atoms with Gasteiger partial charge in [-0.2, -0.15) is 5.26 Å². The van der Waals surface area contributed by atoms with Crippen LogP contribution in [0.1, 0.15) is 23.1 Å². The van der Waals surface area contributed by atoms with Gasteiger partial charge in [0.15, 0.2) is 0 Å². The maximum absolute atomic E-state index is 12.0. The van der Waals surface area contributed by atoms with E-state index in [-0.39, 0.29) is 5.91 Å². The predicted molar refractivity (Wildman–Crippen MR) is 84.3 cm³/mol. The first-order valence-corrected chi connectivity index (χ1v) is 7.01. The third-order valence-corrected chi connectivity index (χ3v) is 3.46. The minimum absolute atomic E-state index is 0.118. The summed E-state index contributed by atoms with van der Waals surface area (Å²) >= 11 is 6.01. The molecule has 3 nitrogen and oxygen atoms in total. The molecule has 0 aliphatic rings. The minimum Gasteiger partial charge on any atom is -0.325 e. The van der Waals surface area contributed by atoms with E-state index in [2.05, 4.69) is 5.32 Å². The number of anilines is 1. The molecule has 0 aromatic heterocycles. The number of benzene rings is 2. The third-order valence-electron chi connectivity index (χ3n) is 3.13. The largest absolute Gasteiger partial charge is 0.325 e. The quantitative estimate of drug-likeness (QED) is 0.924. The van der Waals surface area contributed by atoms with Gasteiger partial charge in [-0.25, -0.2) is 0 Å². The van der Waals surface area contributed by atoms with Crippen molar-refractivity contribution in [2.24, 2.45) is 0 Å². The van der Waals surface area contributed by atoms with Crippen LogP contribution >= 0.6 is 11.6 Å². The van der Waals surface area contributed by atoms with Gasteiger partial charge in [0, 0.05) is 6.42 Å². The fourth-order valence-corrected chi connectivity index (χ4v) is 2.08. The zero-order valence-electron chi connectivity index (χ0n) is 11.7. The summed E-state index contributed by atoms with van der Waals surface area (Å²) in [4.78, 5) is 12.0. The standard InChI is InChI=1S/C17H15ClN2O/c1-12-2-4-13(5-3-12)7-9-17(21)20-16-10-14(11-19)6-8-15(16)18/h2-6,8,10H,7,9H2,1H3,(H,20,21). The fraction of sp³-hybridized carbons (Fsp3) is 0.176. The highest BCUT2D eigenvalue weighted by Gasteiger charge is 2.07. The van der Waals surface area contributed by atoms with E-state index in [9.17, 15) is 4.79 Å². The van der Waals surface area contributed by atoms with Crippen LogP contribution in [0.3, 0.4) is 0 Å². The van der Waals surface area contributed by atoms with E-state index in [4.69, 9.17) is 16.9 Å². The Kier molecular flexibility index (Phi) is 4.97. The molecule has 21 heavy (non-hydrogen) atoms. The van der Waals surface area contributed by atoms with Gasteiger partial charge in [-0.3, -0.25) is 4.79 Å².